The zero-order valence-corrected chi connectivity index (χ0v) is 17.1. The van der Waals surface area contributed by atoms with Gasteiger partial charge in [-0.05, 0) is 55.5 Å². The van der Waals surface area contributed by atoms with Crippen LogP contribution in [0.25, 0.3) is 16.9 Å². The molecule has 8 nitrogen and oxygen atoms in total. The van der Waals surface area contributed by atoms with Crippen LogP contribution in [-0.2, 0) is 4.74 Å². The smallest absolute Gasteiger partial charge is 0.343 e. The molecule has 8 heteroatoms. The molecule has 0 aliphatic heterocycles. The normalized spacial score (nSPS) is 10.5. The fourth-order valence-corrected chi connectivity index (χ4v) is 3.03. The van der Waals surface area contributed by atoms with Crippen molar-refractivity contribution in [2.75, 3.05) is 19.0 Å². The number of hydrogen-bond donors (Lipinski definition) is 1. The van der Waals surface area contributed by atoms with E-state index >= 15 is 0 Å². The minimum absolute atomic E-state index is 0.269. The van der Waals surface area contributed by atoms with Crippen LogP contribution in [0.3, 0.4) is 0 Å². The van der Waals surface area contributed by atoms with Gasteiger partial charge in [-0.2, -0.15) is 5.10 Å². The Kier molecular flexibility index (Phi) is 5.89. The Balaban J connectivity index is 1.64. The molecule has 0 saturated heterocycles. The first-order valence-electron chi connectivity index (χ1n) is 9.75. The lowest BCUT2D eigenvalue weighted by Crippen LogP contribution is -2.10. The number of nitrogens with zero attached hydrogens (tertiary/aromatic N) is 4. The number of benzene rings is 2. The Bertz CT molecular complexity index is 1160. The molecular weight excluding hydrogens is 394 g/mol. The highest BCUT2D eigenvalue weighted by Crippen LogP contribution is 2.25. The Morgan fingerprint density at radius 2 is 1.77 bits per heavy atom. The molecule has 4 rings (SSSR count). The first kappa shape index (κ1) is 20.1. The van der Waals surface area contributed by atoms with Gasteiger partial charge in [-0.1, -0.05) is 18.2 Å². The molecule has 31 heavy (non-hydrogen) atoms. The predicted molar refractivity (Wildman–Crippen MR) is 117 cm³/mol. The van der Waals surface area contributed by atoms with Gasteiger partial charge in [-0.25, -0.2) is 9.48 Å². The molecule has 0 unspecified atom stereocenters. The minimum atomic E-state index is -0.463. The van der Waals surface area contributed by atoms with Gasteiger partial charge in [0.15, 0.2) is 5.82 Å². The largest absolute Gasteiger partial charge is 0.497 e. The average molecular weight is 415 g/mol. The zero-order valence-electron chi connectivity index (χ0n) is 17.1. The van der Waals surface area contributed by atoms with Gasteiger partial charge in [0.1, 0.15) is 17.1 Å². The summed E-state index contributed by atoms with van der Waals surface area (Å²) in [5.41, 5.74) is 2.74. The third kappa shape index (κ3) is 4.37. The molecule has 2 heterocycles. The molecule has 0 radical (unpaired) electrons. The van der Waals surface area contributed by atoms with E-state index in [1.54, 1.807) is 24.8 Å². The predicted octanol–water partition coefficient (Wildman–Crippen LogP) is 4.26. The van der Waals surface area contributed by atoms with E-state index in [0.29, 0.717) is 17.2 Å². The van der Waals surface area contributed by atoms with Crippen molar-refractivity contribution in [1.82, 2.24) is 20.0 Å². The van der Waals surface area contributed by atoms with Crippen molar-refractivity contribution in [3.63, 3.8) is 0 Å². The molecule has 2 aromatic heterocycles. The number of carbonyl (C=O) groups is 1. The van der Waals surface area contributed by atoms with Crippen LogP contribution in [0.5, 0.6) is 5.75 Å². The molecule has 1 N–H and O–H groups in total. The Morgan fingerprint density at radius 1 is 1.00 bits per heavy atom. The first-order chi connectivity index (χ1) is 15.2. The van der Waals surface area contributed by atoms with Crippen LogP contribution < -0.4 is 10.1 Å². The first-order valence-corrected chi connectivity index (χ1v) is 9.75. The minimum Gasteiger partial charge on any atom is -0.497 e. The molecule has 0 saturated carbocycles. The standard InChI is InChI=1S/C23H21N5O3/c1-3-31-23(29)19-15-24-28(17-7-5-4-6-8-17)22(19)25-21-14-13-20(26-27-21)16-9-11-18(30-2)12-10-16/h4-15H,3H2,1-2H3,(H,25,27). The second-order valence-electron chi connectivity index (χ2n) is 6.53. The van der Waals surface area contributed by atoms with Gasteiger partial charge >= 0.3 is 5.97 Å². The van der Waals surface area contributed by atoms with Gasteiger partial charge in [0, 0.05) is 5.56 Å². The van der Waals surface area contributed by atoms with E-state index in [-0.39, 0.29) is 6.61 Å². The molecule has 0 aliphatic carbocycles. The van der Waals surface area contributed by atoms with Crippen molar-refractivity contribution in [1.29, 1.82) is 0 Å². The summed E-state index contributed by atoms with van der Waals surface area (Å²) >= 11 is 0. The number of para-hydroxylation sites is 1. The molecular formula is C23H21N5O3. The van der Waals surface area contributed by atoms with Gasteiger partial charge in [0.05, 0.1) is 31.3 Å². The zero-order chi connectivity index (χ0) is 21.6. The van der Waals surface area contributed by atoms with E-state index in [1.165, 1.54) is 6.20 Å². The van der Waals surface area contributed by atoms with Gasteiger partial charge in [-0.15, -0.1) is 10.2 Å². The van der Waals surface area contributed by atoms with Gasteiger partial charge in [-0.3, -0.25) is 0 Å². The fraction of sp³-hybridized carbons (Fsp3) is 0.130. The number of rotatable bonds is 7. The van der Waals surface area contributed by atoms with E-state index in [1.807, 2.05) is 60.7 Å². The fourth-order valence-electron chi connectivity index (χ4n) is 3.03. The van der Waals surface area contributed by atoms with Crippen LogP contribution in [0.15, 0.2) is 72.9 Å². The molecule has 0 spiro atoms. The molecule has 0 atom stereocenters. The third-order valence-electron chi connectivity index (χ3n) is 4.56. The summed E-state index contributed by atoms with van der Waals surface area (Å²) in [7, 11) is 1.62. The van der Waals surface area contributed by atoms with Crippen molar-refractivity contribution < 1.29 is 14.3 Å². The Morgan fingerprint density at radius 3 is 2.42 bits per heavy atom. The Labute approximate surface area is 179 Å². The van der Waals surface area contributed by atoms with Crippen molar-refractivity contribution in [2.45, 2.75) is 6.92 Å². The summed E-state index contributed by atoms with van der Waals surface area (Å²) in [5, 5.41) is 16.1. The number of nitrogens with one attached hydrogen (secondary N) is 1. The maximum Gasteiger partial charge on any atom is 0.343 e. The van der Waals surface area contributed by atoms with E-state index in [4.69, 9.17) is 9.47 Å². The van der Waals surface area contributed by atoms with E-state index in [2.05, 4.69) is 20.6 Å². The van der Waals surface area contributed by atoms with Crippen LogP contribution >= 0.6 is 0 Å². The van der Waals surface area contributed by atoms with E-state index in [9.17, 15) is 4.79 Å². The molecule has 4 aromatic rings. The second-order valence-corrected chi connectivity index (χ2v) is 6.53. The summed E-state index contributed by atoms with van der Waals surface area (Å²) in [5.74, 6) is 1.24. The van der Waals surface area contributed by atoms with Crippen LogP contribution in [0.2, 0.25) is 0 Å². The molecule has 0 fully saturated rings. The van der Waals surface area contributed by atoms with Gasteiger partial charge in [0.2, 0.25) is 0 Å². The lowest BCUT2D eigenvalue weighted by molar-refractivity contribution is 0.0527. The van der Waals surface area contributed by atoms with Crippen LogP contribution in [0, 0.1) is 0 Å². The number of aromatic nitrogens is 4. The second kappa shape index (κ2) is 9.08. The van der Waals surface area contributed by atoms with E-state index < -0.39 is 5.97 Å². The SMILES string of the molecule is CCOC(=O)c1cnn(-c2ccccc2)c1Nc1ccc(-c2ccc(OC)cc2)nn1. The number of ether oxygens (including phenoxy) is 2. The van der Waals surface area contributed by atoms with Crippen molar-refractivity contribution in [3.8, 4) is 22.7 Å². The molecule has 0 bridgehead atoms. The van der Waals surface area contributed by atoms with Crippen LogP contribution in [0.4, 0.5) is 11.6 Å². The molecule has 156 valence electrons. The van der Waals surface area contributed by atoms with Crippen molar-refractivity contribution >= 4 is 17.6 Å². The number of methoxy groups -OCH3 is 1. The lowest BCUT2D eigenvalue weighted by atomic mass is 10.1. The summed E-state index contributed by atoms with van der Waals surface area (Å²) < 4.78 is 12.0. The summed E-state index contributed by atoms with van der Waals surface area (Å²) in [6.07, 6.45) is 1.48. The van der Waals surface area contributed by atoms with Gasteiger partial charge < -0.3 is 14.8 Å². The topological polar surface area (TPSA) is 91.2 Å². The Hall–Kier alpha value is -4.20. The average Bonchev–Trinajstić information content (AvgIpc) is 3.24. The van der Waals surface area contributed by atoms with Crippen LogP contribution in [0.1, 0.15) is 17.3 Å². The summed E-state index contributed by atoms with van der Waals surface area (Å²) in [4.78, 5) is 12.4. The maximum absolute atomic E-state index is 12.4. The van der Waals surface area contributed by atoms with E-state index in [0.717, 1.165) is 22.7 Å². The highest BCUT2D eigenvalue weighted by Gasteiger charge is 2.20. The third-order valence-corrected chi connectivity index (χ3v) is 4.56. The van der Waals surface area contributed by atoms with Crippen LogP contribution in [-0.4, -0.2) is 39.7 Å². The lowest BCUT2D eigenvalue weighted by Gasteiger charge is -2.11. The highest BCUT2D eigenvalue weighted by molar-refractivity contribution is 5.95. The summed E-state index contributed by atoms with van der Waals surface area (Å²) in [6, 6.07) is 20.7. The summed E-state index contributed by atoms with van der Waals surface area (Å²) in [6.45, 7) is 2.03. The van der Waals surface area contributed by atoms with Crippen molar-refractivity contribution in [2.24, 2.45) is 0 Å². The number of esters is 1. The monoisotopic (exact) mass is 415 g/mol. The number of carbonyl (C=O) groups excluding carboxylic acids is 1. The van der Waals surface area contributed by atoms with Gasteiger partial charge in [0.25, 0.3) is 0 Å². The number of hydrogen-bond acceptors (Lipinski definition) is 7. The quantitative estimate of drug-likeness (QED) is 0.451. The molecule has 0 aliphatic rings. The van der Waals surface area contributed by atoms with Crippen molar-refractivity contribution in [3.05, 3.63) is 78.5 Å². The number of anilines is 2. The molecule has 2 aromatic carbocycles. The highest BCUT2D eigenvalue weighted by atomic mass is 16.5. The maximum atomic E-state index is 12.4. The molecule has 0 amide bonds.